The highest BCUT2D eigenvalue weighted by Crippen LogP contribution is 2.11. The molecular weight excluding hydrogens is 268 g/mol. The van der Waals surface area contributed by atoms with Crippen LogP contribution in [0.2, 0.25) is 0 Å². The van der Waals surface area contributed by atoms with E-state index in [1.54, 1.807) is 6.92 Å². The van der Waals surface area contributed by atoms with E-state index in [1.165, 1.54) is 0 Å². The van der Waals surface area contributed by atoms with E-state index in [1.807, 2.05) is 0 Å². The first-order chi connectivity index (χ1) is 9.05. The number of aryl methyl sites for hydroxylation is 1. The van der Waals surface area contributed by atoms with E-state index in [4.69, 9.17) is 4.52 Å². The fraction of sp³-hybridized carbons (Fsp3) is 0.818. The molecule has 1 aromatic heterocycles. The van der Waals surface area contributed by atoms with Gasteiger partial charge in [0.1, 0.15) is 0 Å². The minimum absolute atomic E-state index is 0.183. The van der Waals surface area contributed by atoms with Crippen molar-refractivity contribution in [1.82, 2.24) is 20.2 Å². The van der Waals surface area contributed by atoms with Gasteiger partial charge in [0.2, 0.25) is 15.9 Å². The number of hydrogen-bond donors (Lipinski definition) is 2. The summed E-state index contributed by atoms with van der Waals surface area (Å²) in [6.07, 6.45) is 2.43. The van der Waals surface area contributed by atoms with Gasteiger partial charge in [-0.2, -0.15) is 4.98 Å². The second-order valence-electron chi connectivity index (χ2n) is 4.87. The third-order valence-electron chi connectivity index (χ3n) is 3.08. The van der Waals surface area contributed by atoms with Crippen LogP contribution < -0.4 is 10.0 Å². The molecule has 0 aliphatic carbocycles. The Morgan fingerprint density at radius 1 is 1.53 bits per heavy atom. The first-order valence-electron chi connectivity index (χ1n) is 6.52. The third-order valence-corrected chi connectivity index (χ3v) is 4.64. The molecule has 1 aliphatic heterocycles. The van der Waals surface area contributed by atoms with Gasteiger partial charge in [0, 0.05) is 13.0 Å². The molecule has 1 unspecified atom stereocenters. The zero-order chi connectivity index (χ0) is 13.7. The van der Waals surface area contributed by atoms with Crippen LogP contribution in [-0.4, -0.2) is 43.9 Å². The molecule has 1 atom stereocenters. The summed E-state index contributed by atoms with van der Waals surface area (Å²) in [6.45, 7) is 3.79. The molecule has 2 rings (SSSR count). The topological polar surface area (TPSA) is 97.1 Å². The molecule has 1 fully saturated rings. The standard InChI is InChI=1S/C11H20N4O3S/c1-9-14-11(18-15-9)4-6-13-19(16,17)8-10-3-2-5-12-7-10/h10,12-13H,2-8H2,1H3. The Hall–Kier alpha value is -0.990. The van der Waals surface area contributed by atoms with Gasteiger partial charge in [-0.3, -0.25) is 0 Å². The summed E-state index contributed by atoms with van der Waals surface area (Å²) >= 11 is 0. The summed E-state index contributed by atoms with van der Waals surface area (Å²) in [6, 6.07) is 0. The van der Waals surface area contributed by atoms with Crippen LogP contribution in [0.3, 0.4) is 0 Å². The highest BCUT2D eigenvalue weighted by molar-refractivity contribution is 7.89. The maximum Gasteiger partial charge on any atom is 0.227 e. The molecule has 19 heavy (non-hydrogen) atoms. The van der Waals surface area contributed by atoms with Crippen molar-refractivity contribution >= 4 is 10.0 Å². The van der Waals surface area contributed by atoms with Crippen molar-refractivity contribution < 1.29 is 12.9 Å². The van der Waals surface area contributed by atoms with Crippen LogP contribution in [0.15, 0.2) is 4.52 Å². The molecule has 108 valence electrons. The molecule has 2 N–H and O–H groups in total. The summed E-state index contributed by atoms with van der Waals surface area (Å²) in [5.41, 5.74) is 0. The van der Waals surface area contributed by atoms with Gasteiger partial charge in [0.05, 0.1) is 5.75 Å². The Kier molecular flexibility index (Phi) is 4.89. The van der Waals surface area contributed by atoms with Gasteiger partial charge in [-0.25, -0.2) is 13.1 Å². The van der Waals surface area contributed by atoms with Gasteiger partial charge in [0.25, 0.3) is 0 Å². The highest BCUT2D eigenvalue weighted by Gasteiger charge is 2.20. The molecule has 1 aliphatic rings. The molecule has 2 heterocycles. The molecule has 0 amide bonds. The number of nitrogens with one attached hydrogen (secondary N) is 2. The van der Waals surface area contributed by atoms with Crippen LogP contribution in [0.1, 0.15) is 24.6 Å². The van der Waals surface area contributed by atoms with Crippen LogP contribution in [0, 0.1) is 12.8 Å². The monoisotopic (exact) mass is 288 g/mol. The van der Waals surface area contributed by atoms with Crippen molar-refractivity contribution in [2.45, 2.75) is 26.2 Å². The maximum absolute atomic E-state index is 11.9. The largest absolute Gasteiger partial charge is 0.339 e. The van der Waals surface area contributed by atoms with Gasteiger partial charge in [0.15, 0.2) is 5.82 Å². The smallest absolute Gasteiger partial charge is 0.227 e. The quantitative estimate of drug-likeness (QED) is 0.755. The molecule has 0 bridgehead atoms. The lowest BCUT2D eigenvalue weighted by molar-refractivity contribution is 0.374. The van der Waals surface area contributed by atoms with E-state index in [-0.39, 0.29) is 11.7 Å². The van der Waals surface area contributed by atoms with Gasteiger partial charge >= 0.3 is 0 Å². The minimum atomic E-state index is -3.22. The Labute approximate surface area is 113 Å². The Balaban J connectivity index is 1.74. The average molecular weight is 288 g/mol. The minimum Gasteiger partial charge on any atom is -0.339 e. The van der Waals surface area contributed by atoms with Gasteiger partial charge < -0.3 is 9.84 Å². The first-order valence-corrected chi connectivity index (χ1v) is 8.17. The van der Waals surface area contributed by atoms with E-state index in [2.05, 4.69) is 20.2 Å². The zero-order valence-corrected chi connectivity index (χ0v) is 11.9. The Morgan fingerprint density at radius 2 is 2.37 bits per heavy atom. The number of nitrogens with zero attached hydrogens (tertiary/aromatic N) is 2. The predicted octanol–water partition coefficient (Wildman–Crippen LogP) is -0.160. The number of rotatable bonds is 6. The molecule has 0 spiro atoms. The van der Waals surface area contributed by atoms with Crippen molar-refractivity contribution in [3.8, 4) is 0 Å². The summed E-state index contributed by atoms with van der Waals surface area (Å²) in [4.78, 5) is 4.02. The van der Waals surface area contributed by atoms with Crippen molar-refractivity contribution in [3.63, 3.8) is 0 Å². The average Bonchev–Trinajstić information content (AvgIpc) is 2.75. The van der Waals surface area contributed by atoms with Crippen molar-refractivity contribution in [3.05, 3.63) is 11.7 Å². The molecule has 1 aromatic rings. The van der Waals surface area contributed by atoms with E-state index in [9.17, 15) is 8.42 Å². The second kappa shape index (κ2) is 6.44. The van der Waals surface area contributed by atoms with E-state index in [0.29, 0.717) is 24.7 Å². The number of sulfonamides is 1. The fourth-order valence-corrected chi connectivity index (χ4v) is 3.63. The molecule has 0 radical (unpaired) electrons. The van der Waals surface area contributed by atoms with E-state index >= 15 is 0 Å². The molecular formula is C11H20N4O3S. The second-order valence-corrected chi connectivity index (χ2v) is 6.72. The molecule has 0 saturated carbocycles. The lowest BCUT2D eigenvalue weighted by Crippen LogP contribution is -2.38. The molecule has 0 aromatic carbocycles. The first kappa shape index (κ1) is 14.4. The highest BCUT2D eigenvalue weighted by atomic mass is 32.2. The van der Waals surface area contributed by atoms with Gasteiger partial charge in [-0.05, 0) is 38.8 Å². The van der Waals surface area contributed by atoms with Crippen LogP contribution in [0.5, 0.6) is 0 Å². The number of piperidine rings is 1. The van der Waals surface area contributed by atoms with Crippen LogP contribution in [0.4, 0.5) is 0 Å². The van der Waals surface area contributed by atoms with E-state index < -0.39 is 10.0 Å². The summed E-state index contributed by atoms with van der Waals surface area (Å²) in [7, 11) is -3.22. The van der Waals surface area contributed by atoms with Crippen molar-refractivity contribution in [2.24, 2.45) is 5.92 Å². The summed E-state index contributed by atoms with van der Waals surface area (Å²) in [5.74, 6) is 1.41. The normalized spacial score (nSPS) is 20.6. The van der Waals surface area contributed by atoms with Crippen LogP contribution in [0.25, 0.3) is 0 Å². The number of aromatic nitrogens is 2. The third kappa shape index (κ3) is 4.88. The van der Waals surface area contributed by atoms with Gasteiger partial charge in [-0.1, -0.05) is 5.16 Å². The van der Waals surface area contributed by atoms with Gasteiger partial charge in [-0.15, -0.1) is 0 Å². The fourth-order valence-electron chi connectivity index (χ4n) is 2.19. The molecule has 8 heteroatoms. The SMILES string of the molecule is Cc1noc(CCNS(=O)(=O)CC2CCCNC2)n1. The van der Waals surface area contributed by atoms with Crippen molar-refractivity contribution in [2.75, 3.05) is 25.4 Å². The number of hydrogen-bond acceptors (Lipinski definition) is 6. The summed E-state index contributed by atoms with van der Waals surface area (Å²) in [5, 5.41) is 6.87. The lowest BCUT2D eigenvalue weighted by atomic mass is 10.0. The Bertz CT molecular complexity index is 494. The maximum atomic E-state index is 11.9. The van der Waals surface area contributed by atoms with Crippen LogP contribution >= 0.6 is 0 Å². The predicted molar refractivity (Wildman–Crippen MR) is 70.1 cm³/mol. The zero-order valence-electron chi connectivity index (χ0n) is 11.1. The van der Waals surface area contributed by atoms with Crippen molar-refractivity contribution in [1.29, 1.82) is 0 Å². The Morgan fingerprint density at radius 3 is 3.00 bits per heavy atom. The van der Waals surface area contributed by atoms with Crippen LogP contribution in [-0.2, 0) is 16.4 Å². The molecule has 1 saturated heterocycles. The van der Waals surface area contributed by atoms with E-state index in [0.717, 1.165) is 25.9 Å². The summed E-state index contributed by atoms with van der Waals surface area (Å²) < 4.78 is 31.3. The lowest BCUT2D eigenvalue weighted by Gasteiger charge is -2.22. The molecule has 7 nitrogen and oxygen atoms in total.